The molecule has 0 aliphatic rings. The van der Waals surface area contributed by atoms with Crippen LogP contribution < -0.4 is 5.32 Å². The summed E-state index contributed by atoms with van der Waals surface area (Å²) in [6, 6.07) is 13.8. The molecule has 1 amide bonds. The van der Waals surface area contributed by atoms with Crippen molar-refractivity contribution >= 4 is 11.6 Å². The zero-order valence-corrected chi connectivity index (χ0v) is 17.0. The average Bonchev–Trinajstić information content (AvgIpc) is 3.16. The summed E-state index contributed by atoms with van der Waals surface area (Å²) < 4.78 is 6.92. The molecule has 4 rings (SSSR count). The SMILES string of the molecule is COCCNC(=O)Cc1cnc2ccc(-c3cccnc3-c3cccc(C)n3)cn12. The molecule has 0 bridgehead atoms. The lowest BCUT2D eigenvalue weighted by atomic mass is 10.0. The van der Waals surface area contributed by atoms with Crippen molar-refractivity contribution in [2.75, 3.05) is 20.3 Å². The Kier molecular flexibility index (Phi) is 5.81. The number of carbonyl (C=O) groups excluding carboxylic acids is 1. The molecule has 7 heteroatoms. The molecule has 0 saturated heterocycles. The van der Waals surface area contributed by atoms with Crippen LogP contribution in [0.15, 0.2) is 61.1 Å². The summed E-state index contributed by atoms with van der Waals surface area (Å²) in [6.45, 7) is 2.94. The number of nitrogens with zero attached hydrogens (tertiary/aromatic N) is 4. The smallest absolute Gasteiger partial charge is 0.226 e. The van der Waals surface area contributed by atoms with Crippen molar-refractivity contribution in [3.63, 3.8) is 0 Å². The second kappa shape index (κ2) is 8.84. The number of pyridine rings is 3. The standard InChI is InChI=1S/C23H23N5O2/c1-16-5-3-7-20(27-16)23-19(6-4-10-25-23)17-8-9-21-26-14-18(28(21)15-17)13-22(29)24-11-12-30-2/h3-10,14-15H,11-13H2,1-2H3,(H,24,29). The number of fused-ring (bicyclic) bond motifs is 1. The van der Waals surface area contributed by atoms with Crippen molar-refractivity contribution in [1.29, 1.82) is 0 Å². The van der Waals surface area contributed by atoms with Crippen LogP contribution in [0.3, 0.4) is 0 Å². The number of hydrogen-bond donors (Lipinski definition) is 1. The van der Waals surface area contributed by atoms with Crippen LogP contribution in [-0.2, 0) is 16.0 Å². The molecule has 4 aromatic heterocycles. The van der Waals surface area contributed by atoms with E-state index in [1.807, 2.05) is 60.0 Å². The van der Waals surface area contributed by atoms with Crippen LogP contribution in [0.2, 0.25) is 0 Å². The van der Waals surface area contributed by atoms with E-state index in [4.69, 9.17) is 4.74 Å². The Morgan fingerprint density at radius 1 is 1.13 bits per heavy atom. The zero-order chi connectivity index (χ0) is 20.9. The fraction of sp³-hybridized carbons (Fsp3) is 0.217. The maximum atomic E-state index is 12.2. The van der Waals surface area contributed by atoms with Gasteiger partial charge in [0, 0.05) is 49.1 Å². The van der Waals surface area contributed by atoms with Gasteiger partial charge in [0.15, 0.2) is 0 Å². The third-order valence-corrected chi connectivity index (χ3v) is 4.80. The third-order valence-electron chi connectivity index (χ3n) is 4.80. The number of hydrogen-bond acceptors (Lipinski definition) is 5. The maximum absolute atomic E-state index is 12.2. The summed E-state index contributed by atoms with van der Waals surface area (Å²) in [4.78, 5) is 25.9. The van der Waals surface area contributed by atoms with Gasteiger partial charge < -0.3 is 14.5 Å². The molecule has 0 radical (unpaired) electrons. The second-order valence-electron chi connectivity index (χ2n) is 6.98. The lowest BCUT2D eigenvalue weighted by Gasteiger charge is -2.10. The summed E-state index contributed by atoms with van der Waals surface area (Å²) in [6.07, 6.45) is 5.75. The second-order valence-corrected chi connectivity index (χ2v) is 6.98. The quantitative estimate of drug-likeness (QED) is 0.481. The highest BCUT2D eigenvalue weighted by Crippen LogP contribution is 2.29. The molecule has 0 aliphatic heterocycles. The lowest BCUT2D eigenvalue weighted by molar-refractivity contribution is -0.120. The summed E-state index contributed by atoms with van der Waals surface area (Å²) >= 11 is 0. The Bertz CT molecular complexity index is 1190. The normalized spacial score (nSPS) is 11.0. The van der Waals surface area contributed by atoms with E-state index in [1.165, 1.54) is 0 Å². The van der Waals surface area contributed by atoms with E-state index < -0.39 is 0 Å². The van der Waals surface area contributed by atoms with Gasteiger partial charge in [0.2, 0.25) is 5.91 Å². The van der Waals surface area contributed by atoms with Crippen LogP contribution in [0.4, 0.5) is 0 Å². The molecule has 0 saturated carbocycles. The number of imidazole rings is 1. The number of amides is 1. The number of aryl methyl sites for hydroxylation is 1. The summed E-state index contributed by atoms with van der Waals surface area (Å²) in [7, 11) is 1.61. The molecule has 0 aromatic carbocycles. The van der Waals surface area contributed by atoms with Gasteiger partial charge in [-0.3, -0.25) is 14.8 Å². The lowest BCUT2D eigenvalue weighted by Crippen LogP contribution is -2.28. The third kappa shape index (κ3) is 4.21. The molecule has 1 N–H and O–H groups in total. The predicted octanol–water partition coefficient (Wildman–Crippen LogP) is 3.07. The van der Waals surface area contributed by atoms with E-state index in [0.29, 0.717) is 13.2 Å². The number of methoxy groups -OCH3 is 1. The molecule has 7 nitrogen and oxygen atoms in total. The first kappa shape index (κ1) is 19.7. The summed E-state index contributed by atoms with van der Waals surface area (Å²) in [5.74, 6) is -0.0646. The first-order valence-electron chi connectivity index (χ1n) is 9.77. The van der Waals surface area contributed by atoms with Gasteiger partial charge in [-0.2, -0.15) is 0 Å². The van der Waals surface area contributed by atoms with Crippen molar-refractivity contribution in [1.82, 2.24) is 24.7 Å². The Hall–Kier alpha value is -3.58. The Labute approximate surface area is 174 Å². The molecule has 4 heterocycles. The highest BCUT2D eigenvalue weighted by molar-refractivity contribution is 5.80. The van der Waals surface area contributed by atoms with Crippen molar-refractivity contribution < 1.29 is 9.53 Å². The largest absolute Gasteiger partial charge is 0.383 e. The van der Waals surface area contributed by atoms with Gasteiger partial charge in [-0.15, -0.1) is 0 Å². The van der Waals surface area contributed by atoms with Crippen molar-refractivity contribution in [2.45, 2.75) is 13.3 Å². The highest BCUT2D eigenvalue weighted by Gasteiger charge is 2.13. The monoisotopic (exact) mass is 401 g/mol. The fourth-order valence-electron chi connectivity index (χ4n) is 3.36. The molecule has 4 aromatic rings. The molecule has 152 valence electrons. The van der Waals surface area contributed by atoms with E-state index >= 15 is 0 Å². The van der Waals surface area contributed by atoms with Crippen LogP contribution >= 0.6 is 0 Å². The molecule has 0 fully saturated rings. The van der Waals surface area contributed by atoms with Gasteiger partial charge in [0.05, 0.1) is 30.1 Å². The van der Waals surface area contributed by atoms with Crippen molar-refractivity contribution in [3.8, 4) is 22.5 Å². The average molecular weight is 401 g/mol. The minimum atomic E-state index is -0.0646. The van der Waals surface area contributed by atoms with Crippen molar-refractivity contribution in [3.05, 3.63) is 72.4 Å². The minimum Gasteiger partial charge on any atom is -0.383 e. The number of aromatic nitrogens is 4. The molecular formula is C23H23N5O2. The first-order chi connectivity index (χ1) is 14.7. The molecule has 0 unspecified atom stereocenters. The number of carbonyl (C=O) groups is 1. The van der Waals surface area contributed by atoms with Gasteiger partial charge in [-0.1, -0.05) is 12.1 Å². The van der Waals surface area contributed by atoms with E-state index in [1.54, 1.807) is 19.5 Å². The number of nitrogens with one attached hydrogen (secondary N) is 1. The van der Waals surface area contributed by atoms with Crippen LogP contribution in [-0.4, -0.2) is 45.5 Å². The van der Waals surface area contributed by atoms with Crippen molar-refractivity contribution in [2.24, 2.45) is 0 Å². The van der Waals surface area contributed by atoms with E-state index in [0.717, 1.165) is 39.5 Å². The first-order valence-corrected chi connectivity index (χ1v) is 9.77. The zero-order valence-electron chi connectivity index (χ0n) is 17.0. The van der Waals surface area contributed by atoms with Crippen LogP contribution in [0.25, 0.3) is 28.2 Å². The highest BCUT2D eigenvalue weighted by atomic mass is 16.5. The molecule has 0 spiro atoms. The summed E-state index contributed by atoms with van der Waals surface area (Å²) in [5, 5.41) is 2.85. The molecule has 0 aliphatic carbocycles. The minimum absolute atomic E-state index is 0.0646. The van der Waals surface area contributed by atoms with E-state index in [-0.39, 0.29) is 12.3 Å². The van der Waals surface area contributed by atoms with Gasteiger partial charge >= 0.3 is 0 Å². The van der Waals surface area contributed by atoms with Crippen LogP contribution in [0, 0.1) is 6.92 Å². The topological polar surface area (TPSA) is 81.4 Å². The van der Waals surface area contributed by atoms with Crippen LogP contribution in [0.5, 0.6) is 0 Å². The fourth-order valence-corrected chi connectivity index (χ4v) is 3.36. The van der Waals surface area contributed by atoms with E-state index in [9.17, 15) is 4.79 Å². The number of rotatable bonds is 7. The molecule has 30 heavy (non-hydrogen) atoms. The Morgan fingerprint density at radius 3 is 2.87 bits per heavy atom. The Balaban J connectivity index is 1.69. The van der Waals surface area contributed by atoms with Gasteiger partial charge in [-0.25, -0.2) is 4.98 Å². The van der Waals surface area contributed by atoms with Gasteiger partial charge in [0.25, 0.3) is 0 Å². The maximum Gasteiger partial charge on any atom is 0.226 e. The Morgan fingerprint density at radius 2 is 2.03 bits per heavy atom. The van der Waals surface area contributed by atoms with Gasteiger partial charge in [0.1, 0.15) is 5.65 Å². The van der Waals surface area contributed by atoms with Gasteiger partial charge in [-0.05, 0) is 37.3 Å². The van der Waals surface area contributed by atoms with Crippen LogP contribution in [0.1, 0.15) is 11.4 Å². The van der Waals surface area contributed by atoms with E-state index in [2.05, 4.69) is 20.3 Å². The predicted molar refractivity (Wildman–Crippen MR) is 115 cm³/mol. The summed E-state index contributed by atoms with van der Waals surface area (Å²) in [5.41, 5.74) is 6.15. The molecule has 0 atom stereocenters. The molecular weight excluding hydrogens is 378 g/mol. The number of ether oxygens (including phenoxy) is 1.